The van der Waals surface area contributed by atoms with E-state index in [1.807, 2.05) is 0 Å². The van der Waals surface area contributed by atoms with Crippen molar-refractivity contribution in [2.75, 3.05) is 19.8 Å². The summed E-state index contributed by atoms with van der Waals surface area (Å²) in [7, 11) is 0. The van der Waals surface area contributed by atoms with Gasteiger partial charge >= 0.3 is 0 Å². The number of aliphatic hydroxyl groups excluding tert-OH is 1. The molecular weight excluding hydrogens is 290 g/mol. The van der Waals surface area contributed by atoms with E-state index in [0.29, 0.717) is 25.3 Å². The number of hydrogen-bond donors (Lipinski definition) is 1. The van der Waals surface area contributed by atoms with Crippen LogP contribution in [0.5, 0.6) is 0 Å². The summed E-state index contributed by atoms with van der Waals surface area (Å²) in [6.45, 7) is 3.44. The lowest BCUT2D eigenvalue weighted by Crippen LogP contribution is -2.45. The second-order valence-corrected chi connectivity index (χ2v) is 7.50. The fourth-order valence-electron chi connectivity index (χ4n) is 4.69. The number of ether oxygens (including phenoxy) is 1. The van der Waals surface area contributed by atoms with Crippen LogP contribution in [0.15, 0.2) is 12.3 Å². The highest BCUT2D eigenvalue weighted by Gasteiger charge is 2.37. The van der Waals surface area contributed by atoms with Crippen LogP contribution in [0.25, 0.3) is 0 Å². The molecule has 5 nitrogen and oxygen atoms in total. The summed E-state index contributed by atoms with van der Waals surface area (Å²) in [5, 5.41) is 15.2. The van der Waals surface area contributed by atoms with Crippen molar-refractivity contribution in [2.45, 2.75) is 69.7 Å². The molecule has 3 aliphatic rings. The Morgan fingerprint density at radius 3 is 2.87 bits per heavy atom. The van der Waals surface area contributed by atoms with Crippen molar-refractivity contribution in [3.05, 3.63) is 18.0 Å². The van der Waals surface area contributed by atoms with E-state index in [2.05, 4.69) is 21.8 Å². The zero-order valence-corrected chi connectivity index (χ0v) is 13.9. The van der Waals surface area contributed by atoms with Crippen LogP contribution in [0.1, 0.15) is 56.7 Å². The van der Waals surface area contributed by atoms with E-state index < -0.39 is 0 Å². The maximum atomic E-state index is 10.3. The van der Waals surface area contributed by atoms with Gasteiger partial charge in [0.1, 0.15) is 0 Å². The first kappa shape index (κ1) is 15.6. The van der Waals surface area contributed by atoms with Gasteiger partial charge in [0.15, 0.2) is 0 Å². The second-order valence-electron chi connectivity index (χ2n) is 7.50. The van der Waals surface area contributed by atoms with E-state index in [1.165, 1.54) is 44.2 Å². The lowest BCUT2D eigenvalue weighted by molar-refractivity contribution is -0.0637. The summed E-state index contributed by atoms with van der Waals surface area (Å²) >= 11 is 0. The molecule has 0 aromatic carbocycles. The predicted molar refractivity (Wildman–Crippen MR) is 88.1 cm³/mol. The van der Waals surface area contributed by atoms with Crippen LogP contribution in [-0.4, -0.2) is 51.7 Å². The third-order valence-electron chi connectivity index (χ3n) is 6.00. The molecule has 3 atom stereocenters. The second kappa shape index (κ2) is 6.91. The Balaban J connectivity index is 1.41. The lowest BCUT2D eigenvalue weighted by atomic mass is 9.89. The molecule has 0 radical (unpaired) electrons. The predicted octanol–water partition coefficient (Wildman–Crippen LogP) is 2.36. The number of nitrogens with zero attached hydrogens (tertiary/aromatic N) is 3. The SMILES string of the molecule is O[C@@H]1CCOC[C@H]1[C@H]1CCCN1Cc1ccn(C2CCCC2)n1. The Kier molecular flexibility index (Phi) is 4.69. The monoisotopic (exact) mass is 319 g/mol. The minimum atomic E-state index is -0.203. The topological polar surface area (TPSA) is 50.5 Å². The third-order valence-corrected chi connectivity index (χ3v) is 6.00. The number of aliphatic hydroxyl groups is 1. The highest BCUT2D eigenvalue weighted by molar-refractivity contribution is 5.02. The van der Waals surface area contributed by atoms with Crippen LogP contribution >= 0.6 is 0 Å². The number of likely N-dealkylation sites (tertiary alicyclic amines) is 1. The highest BCUT2D eigenvalue weighted by atomic mass is 16.5. The van der Waals surface area contributed by atoms with Gasteiger partial charge in [0.25, 0.3) is 0 Å². The molecule has 1 aliphatic carbocycles. The molecule has 1 aromatic rings. The number of aromatic nitrogens is 2. The van der Waals surface area contributed by atoms with E-state index in [9.17, 15) is 5.11 Å². The first-order valence-corrected chi connectivity index (χ1v) is 9.35. The largest absolute Gasteiger partial charge is 0.393 e. The molecule has 2 saturated heterocycles. The Hall–Kier alpha value is -0.910. The zero-order valence-electron chi connectivity index (χ0n) is 13.9. The number of hydrogen-bond acceptors (Lipinski definition) is 4. The van der Waals surface area contributed by atoms with E-state index in [1.54, 1.807) is 0 Å². The molecule has 128 valence electrons. The minimum Gasteiger partial charge on any atom is -0.393 e. The molecule has 1 aromatic heterocycles. The molecule has 2 aliphatic heterocycles. The molecule has 4 rings (SSSR count). The summed E-state index contributed by atoms with van der Waals surface area (Å²) in [5.41, 5.74) is 1.18. The van der Waals surface area contributed by atoms with E-state index >= 15 is 0 Å². The molecular formula is C18H29N3O2. The van der Waals surface area contributed by atoms with Crippen LogP contribution in [0.4, 0.5) is 0 Å². The van der Waals surface area contributed by atoms with Crippen molar-refractivity contribution < 1.29 is 9.84 Å². The normalized spacial score (nSPS) is 33.5. The Bertz CT molecular complexity index is 512. The van der Waals surface area contributed by atoms with Gasteiger partial charge in [0, 0.05) is 31.3 Å². The fourth-order valence-corrected chi connectivity index (χ4v) is 4.69. The molecule has 0 unspecified atom stereocenters. The maximum absolute atomic E-state index is 10.3. The molecule has 23 heavy (non-hydrogen) atoms. The van der Waals surface area contributed by atoms with Crippen LogP contribution in [0, 0.1) is 5.92 Å². The zero-order chi connectivity index (χ0) is 15.6. The van der Waals surface area contributed by atoms with Gasteiger partial charge in [-0.25, -0.2) is 0 Å². The van der Waals surface area contributed by atoms with Gasteiger partial charge < -0.3 is 9.84 Å². The molecule has 0 bridgehead atoms. The van der Waals surface area contributed by atoms with Crippen molar-refractivity contribution in [1.29, 1.82) is 0 Å². The van der Waals surface area contributed by atoms with Gasteiger partial charge in [-0.3, -0.25) is 9.58 Å². The summed E-state index contributed by atoms with van der Waals surface area (Å²) in [5.74, 6) is 0.267. The quantitative estimate of drug-likeness (QED) is 0.925. The maximum Gasteiger partial charge on any atom is 0.0765 e. The lowest BCUT2D eigenvalue weighted by Gasteiger charge is -2.36. The summed E-state index contributed by atoms with van der Waals surface area (Å²) in [6.07, 6.45) is 10.4. The molecule has 1 N–H and O–H groups in total. The highest BCUT2D eigenvalue weighted by Crippen LogP contribution is 2.32. The minimum absolute atomic E-state index is 0.203. The van der Waals surface area contributed by atoms with Gasteiger partial charge in [-0.15, -0.1) is 0 Å². The van der Waals surface area contributed by atoms with Crippen molar-refractivity contribution in [3.8, 4) is 0 Å². The number of rotatable bonds is 4. The fraction of sp³-hybridized carbons (Fsp3) is 0.833. The van der Waals surface area contributed by atoms with Gasteiger partial charge in [0.2, 0.25) is 0 Å². The smallest absolute Gasteiger partial charge is 0.0765 e. The Morgan fingerprint density at radius 1 is 1.17 bits per heavy atom. The Morgan fingerprint density at radius 2 is 2.04 bits per heavy atom. The van der Waals surface area contributed by atoms with E-state index in [0.717, 1.165) is 19.5 Å². The van der Waals surface area contributed by atoms with Crippen molar-refractivity contribution >= 4 is 0 Å². The first-order chi connectivity index (χ1) is 11.3. The van der Waals surface area contributed by atoms with Gasteiger partial charge in [-0.05, 0) is 44.7 Å². The van der Waals surface area contributed by atoms with Gasteiger partial charge in [-0.1, -0.05) is 12.8 Å². The standard InChI is InChI=1S/C18H29N3O2/c22-18-8-11-23-13-16(18)17-6-3-9-20(17)12-14-7-10-21(19-14)15-4-1-2-5-15/h7,10,15-18,22H,1-6,8-9,11-13H2/t16-,17+,18+/m0/s1. The first-order valence-electron chi connectivity index (χ1n) is 9.35. The average Bonchev–Trinajstić information content (AvgIpc) is 3.29. The van der Waals surface area contributed by atoms with Crippen LogP contribution in [0.3, 0.4) is 0 Å². The molecule has 1 saturated carbocycles. The molecule has 3 heterocycles. The molecule has 5 heteroatoms. The third kappa shape index (κ3) is 3.32. The summed E-state index contributed by atoms with van der Waals surface area (Å²) in [4.78, 5) is 2.52. The molecule has 0 spiro atoms. The van der Waals surface area contributed by atoms with Crippen molar-refractivity contribution in [3.63, 3.8) is 0 Å². The Labute approximate surface area is 138 Å². The van der Waals surface area contributed by atoms with Crippen LogP contribution in [-0.2, 0) is 11.3 Å². The average molecular weight is 319 g/mol. The summed E-state index contributed by atoms with van der Waals surface area (Å²) in [6, 6.07) is 3.25. The summed E-state index contributed by atoms with van der Waals surface area (Å²) < 4.78 is 7.82. The van der Waals surface area contributed by atoms with Gasteiger partial charge in [0.05, 0.1) is 24.4 Å². The van der Waals surface area contributed by atoms with Crippen LogP contribution < -0.4 is 0 Å². The van der Waals surface area contributed by atoms with Crippen molar-refractivity contribution in [1.82, 2.24) is 14.7 Å². The van der Waals surface area contributed by atoms with Crippen LogP contribution in [0.2, 0.25) is 0 Å². The van der Waals surface area contributed by atoms with Gasteiger partial charge in [-0.2, -0.15) is 5.10 Å². The molecule has 0 amide bonds. The van der Waals surface area contributed by atoms with E-state index in [-0.39, 0.29) is 12.0 Å². The van der Waals surface area contributed by atoms with E-state index in [4.69, 9.17) is 9.84 Å². The molecule has 3 fully saturated rings. The van der Waals surface area contributed by atoms with Crippen molar-refractivity contribution in [2.24, 2.45) is 5.92 Å².